The molecule has 0 atom stereocenters. The first-order valence-corrected chi connectivity index (χ1v) is 11.2. The van der Waals surface area contributed by atoms with Crippen LogP contribution in [-0.2, 0) is 20.2 Å². The van der Waals surface area contributed by atoms with Crippen molar-refractivity contribution in [1.29, 1.82) is 0 Å². The second-order valence-corrected chi connectivity index (χ2v) is 8.32. The van der Waals surface area contributed by atoms with E-state index in [0.717, 1.165) is 33.9 Å². The number of nitrogens with one attached hydrogen (secondary N) is 1. The molecule has 3 aromatic rings. The predicted octanol–water partition coefficient (Wildman–Crippen LogP) is 3.97. The van der Waals surface area contributed by atoms with Gasteiger partial charge in [-0.15, -0.1) is 5.10 Å². The number of methoxy groups -OCH3 is 1. The lowest BCUT2D eigenvalue weighted by Gasteiger charge is -2.17. The number of halogens is 2. The minimum absolute atomic E-state index is 0.120. The van der Waals surface area contributed by atoms with Crippen LogP contribution in [-0.4, -0.2) is 39.6 Å². The molecular weight excluding hydrogens is 473 g/mol. The molecule has 160 valence electrons. The van der Waals surface area contributed by atoms with Crippen molar-refractivity contribution in [2.24, 2.45) is 7.05 Å². The summed E-state index contributed by atoms with van der Waals surface area (Å²) in [6.45, 7) is 1.52. The summed E-state index contributed by atoms with van der Waals surface area (Å²) >= 11 is 5.21. The summed E-state index contributed by atoms with van der Waals surface area (Å²) in [6, 6.07) is 10.3. The van der Waals surface area contributed by atoms with E-state index < -0.39 is 0 Å². The molecule has 0 saturated heterocycles. The molecule has 3 rings (SSSR count). The van der Waals surface area contributed by atoms with Crippen molar-refractivity contribution in [2.45, 2.75) is 24.7 Å². The van der Waals surface area contributed by atoms with Crippen molar-refractivity contribution in [3.63, 3.8) is 0 Å². The number of rotatable bonds is 11. The number of hydrogen-bond acceptors (Lipinski definition) is 7. The lowest BCUT2D eigenvalue weighted by atomic mass is 10.1. The molecule has 0 aliphatic carbocycles. The van der Waals surface area contributed by atoms with Gasteiger partial charge >= 0.3 is 0 Å². The number of hydrogen-bond donors (Lipinski definition) is 1. The Balaban J connectivity index is 1.58. The highest BCUT2D eigenvalue weighted by Crippen LogP contribution is 2.37. The van der Waals surface area contributed by atoms with E-state index in [0.29, 0.717) is 23.6 Å². The van der Waals surface area contributed by atoms with E-state index in [9.17, 15) is 4.39 Å². The fourth-order valence-corrected chi connectivity index (χ4v) is 3.99. The number of tetrazole rings is 1. The van der Waals surface area contributed by atoms with Gasteiger partial charge in [0.1, 0.15) is 12.4 Å². The van der Waals surface area contributed by atoms with Crippen molar-refractivity contribution >= 4 is 27.7 Å². The molecule has 10 heteroatoms. The highest BCUT2D eigenvalue weighted by atomic mass is 79.9. The van der Waals surface area contributed by atoms with Crippen molar-refractivity contribution in [2.75, 3.05) is 19.4 Å². The molecule has 2 aromatic carbocycles. The van der Waals surface area contributed by atoms with E-state index in [2.05, 4.69) is 36.8 Å². The standard InChI is InChI=1S/C20H23BrFN5O2S/c1-27-20(24-25-26-27)30-11-5-10-23-12-15-16(21)8-9-18(28-2)19(15)29-13-14-6-3-4-7-17(14)22/h3-4,6-9,23H,5,10-13H2,1-2H3. The topological polar surface area (TPSA) is 74.1 Å². The smallest absolute Gasteiger partial charge is 0.209 e. The predicted molar refractivity (Wildman–Crippen MR) is 117 cm³/mol. The van der Waals surface area contributed by atoms with Gasteiger partial charge in [0.2, 0.25) is 5.16 Å². The summed E-state index contributed by atoms with van der Waals surface area (Å²) < 4.78 is 28.0. The highest BCUT2D eigenvalue weighted by molar-refractivity contribution is 9.10. The third kappa shape index (κ3) is 5.93. The van der Waals surface area contributed by atoms with E-state index in [1.165, 1.54) is 6.07 Å². The lowest BCUT2D eigenvalue weighted by molar-refractivity contribution is 0.275. The minimum atomic E-state index is -0.290. The largest absolute Gasteiger partial charge is 0.493 e. The molecule has 1 N–H and O–H groups in total. The first-order valence-electron chi connectivity index (χ1n) is 9.37. The van der Waals surface area contributed by atoms with E-state index in [1.54, 1.807) is 41.8 Å². The molecule has 0 aliphatic rings. The van der Waals surface area contributed by atoms with Crippen LogP contribution >= 0.6 is 27.7 Å². The van der Waals surface area contributed by atoms with Crippen LogP contribution < -0.4 is 14.8 Å². The van der Waals surface area contributed by atoms with E-state index in [-0.39, 0.29) is 12.4 Å². The molecule has 0 unspecified atom stereocenters. The Bertz CT molecular complexity index is 972. The van der Waals surface area contributed by atoms with Gasteiger partial charge in [-0.1, -0.05) is 45.9 Å². The Hall–Kier alpha value is -2.17. The number of nitrogens with zero attached hydrogens (tertiary/aromatic N) is 4. The van der Waals surface area contributed by atoms with Gasteiger partial charge in [-0.05, 0) is 41.6 Å². The monoisotopic (exact) mass is 495 g/mol. The fourth-order valence-electron chi connectivity index (χ4n) is 2.75. The van der Waals surface area contributed by atoms with Crippen LogP contribution in [0.1, 0.15) is 17.5 Å². The van der Waals surface area contributed by atoms with Crippen LogP contribution in [0, 0.1) is 5.82 Å². The van der Waals surface area contributed by atoms with Gasteiger partial charge in [0.15, 0.2) is 11.5 Å². The minimum Gasteiger partial charge on any atom is -0.493 e. The molecule has 0 spiro atoms. The van der Waals surface area contributed by atoms with E-state index >= 15 is 0 Å². The first kappa shape index (κ1) is 22.5. The normalized spacial score (nSPS) is 10.9. The molecule has 0 bridgehead atoms. The number of aromatic nitrogens is 4. The van der Waals surface area contributed by atoms with Crippen molar-refractivity contribution < 1.29 is 13.9 Å². The number of thioether (sulfide) groups is 1. The highest BCUT2D eigenvalue weighted by Gasteiger charge is 2.15. The van der Waals surface area contributed by atoms with Crippen LogP contribution in [0.3, 0.4) is 0 Å². The van der Waals surface area contributed by atoms with Gasteiger partial charge in [-0.2, -0.15) is 0 Å². The molecule has 1 aromatic heterocycles. The maximum atomic E-state index is 14.0. The van der Waals surface area contributed by atoms with E-state index in [4.69, 9.17) is 9.47 Å². The van der Waals surface area contributed by atoms with Gasteiger partial charge < -0.3 is 14.8 Å². The maximum absolute atomic E-state index is 14.0. The van der Waals surface area contributed by atoms with Gasteiger partial charge in [-0.25, -0.2) is 9.07 Å². The van der Waals surface area contributed by atoms with Gasteiger partial charge in [0.25, 0.3) is 0 Å². The summed E-state index contributed by atoms with van der Waals surface area (Å²) in [5.41, 5.74) is 1.42. The summed E-state index contributed by atoms with van der Waals surface area (Å²) in [5.74, 6) is 1.82. The Morgan fingerprint density at radius 2 is 2.07 bits per heavy atom. The SMILES string of the molecule is COc1ccc(Br)c(CNCCCSc2nnnn2C)c1OCc1ccccc1F. The van der Waals surface area contributed by atoms with Crippen LogP contribution in [0.15, 0.2) is 46.0 Å². The zero-order chi connectivity index (χ0) is 21.3. The van der Waals surface area contributed by atoms with Crippen molar-refractivity contribution in [1.82, 2.24) is 25.5 Å². The molecule has 0 saturated carbocycles. The van der Waals surface area contributed by atoms with Crippen molar-refractivity contribution in [3.05, 3.63) is 57.8 Å². The average molecular weight is 496 g/mol. The second kappa shape index (κ2) is 11.3. The van der Waals surface area contributed by atoms with Crippen molar-refractivity contribution in [3.8, 4) is 11.5 Å². The molecule has 0 fully saturated rings. The molecule has 0 radical (unpaired) electrons. The van der Waals surface area contributed by atoms with Crippen LogP contribution in [0.2, 0.25) is 0 Å². The zero-order valence-electron chi connectivity index (χ0n) is 16.8. The zero-order valence-corrected chi connectivity index (χ0v) is 19.2. The molecule has 30 heavy (non-hydrogen) atoms. The summed E-state index contributed by atoms with van der Waals surface area (Å²) in [6.07, 6.45) is 0.949. The lowest BCUT2D eigenvalue weighted by Crippen LogP contribution is -2.17. The Labute approximate surface area is 187 Å². The maximum Gasteiger partial charge on any atom is 0.209 e. The molecule has 0 aliphatic heterocycles. The second-order valence-electron chi connectivity index (χ2n) is 6.40. The van der Waals surface area contributed by atoms with Crippen LogP contribution in [0.25, 0.3) is 0 Å². The number of benzene rings is 2. The quantitative estimate of drug-likeness (QED) is 0.318. The van der Waals surface area contributed by atoms with E-state index in [1.807, 2.05) is 19.2 Å². The van der Waals surface area contributed by atoms with Gasteiger partial charge in [-0.3, -0.25) is 0 Å². The average Bonchev–Trinajstić information content (AvgIpc) is 3.16. The van der Waals surface area contributed by atoms with Crippen LogP contribution in [0.4, 0.5) is 4.39 Å². The third-order valence-corrected chi connectivity index (χ3v) is 6.17. The molecular formula is C20H23BrFN5O2S. The number of ether oxygens (including phenoxy) is 2. The van der Waals surface area contributed by atoms with Gasteiger partial charge in [0.05, 0.1) is 7.11 Å². The van der Waals surface area contributed by atoms with Crippen LogP contribution in [0.5, 0.6) is 11.5 Å². The number of aryl methyl sites for hydroxylation is 1. The Morgan fingerprint density at radius 3 is 2.80 bits per heavy atom. The summed E-state index contributed by atoms with van der Waals surface area (Å²) in [5, 5.41) is 15.6. The first-order chi connectivity index (χ1) is 14.6. The molecule has 7 nitrogen and oxygen atoms in total. The fraction of sp³-hybridized carbons (Fsp3) is 0.350. The Kier molecular flexibility index (Phi) is 8.47. The van der Waals surface area contributed by atoms with Gasteiger partial charge in [0, 0.05) is 34.9 Å². The molecule has 0 amide bonds. The Morgan fingerprint density at radius 1 is 1.23 bits per heavy atom. The molecule has 1 heterocycles. The third-order valence-electron chi connectivity index (χ3n) is 4.33. The summed E-state index contributed by atoms with van der Waals surface area (Å²) in [7, 11) is 3.42. The summed E-state index contributed by atoms with van der Waals surface area (Å²) in [4.78, 5) is 0.